The molecule has 0 spiro atoms. The van der Waals surface area contributed by atoms with Crippen molar-refractivity contribution in [1.29, 1.82) is 0 Å². The minimum absolute atomic E-state index is 0.0143. The lowest BCUT2D eigenvalue weighted by molar-refractivity contribution is 0.0730. The van der Waals surface area contributed by atoms with Crippen LogP contribution in [0.2, 0.25) is 5.02 Å². The number of nitrogens with zero attached hydrogens (tertiary/aromatic N) is 1. The largest absolute Gasteiger partial charge is 0.337 e. The van der Waals surface area contributed by atoms with Crippen molar-refractivity contribution in [3.63, 3.8) is 0 Å². The second-order valence-corrected chi connectivity index (χ2v) is 6.62. The second kappa shape index (κ2) is 5.72. The minimum atomic E-state index is 0.0143. The Labute approximate surface area is 123 Å². The third-order valence-electron chi connectivity index (χ3n) is 2.83. The van der Waals surface area contributed by atoms with Gasteiger partial charge in [0.05, 0.1) is 10.6 Å². The fraction of sp³-hybridized carbons (Fsp3) is 0.417. The van der Waals surface area contributed by atoms with E-state index in [1.165, 1.54) is 0 Å². The van der Waals surface area contributed by atoms with Crippen molar-refractivity contribution in [3.8, 4) is 0 Å². The van der Waals surface area contributed by atoms with E-state index in [9.17, 15) is 4.79 Å². The van der Waals surface area contributed by atoms with Gasteiger partial charge in [-0.2, -0.15) is 0 Å². The standard InChI is InChI=1S/C12H12Br2ClNO/c13-8-3-2-6-16(7-8)12(17)9-4-1-5-10(14)11(9)15/h1,4-5,8H,2-3,6-7H2. The van der Waals surface area contributed by atoms with Gasteiger partial charge in [0, 0.05) is 22.4 Å². The van der Waals surface area contributed by atoms with Crippen LogP contribution in [0.3, 0.4) is 0 Å². The molecule has 5 heteroatoms. The Bertz CT molecular complexity index is 439. The molecule has 1 atom stereocenters. The summed E-state index contributed by atoms with van der Waals surface area (Å²) in [6.07, 6.45) is 2.16. The Kier molecular flexibility index (Phi) is 4.50. The molecule has 1 aliphatic heterocycles. The lowest BCUT2D eigenvalue weighted by atomic mass is 10.1. The maximum Gasteiger partial charge on any atom is 0.255 e. The molecule has 17 heavy (non-hydrogen) atoms. The monoisotopic (exact) mass is 379 g/mol. The molecule has 92 valence electrons. The van der Waals surface area contributed by atoms with Gasteiger partial charge < -0.3 is 4.90 Å². The Morgan fingerprint density at radius 2 is 2.24 bits per heavy atom. The van der Waals surface area contributed by atoms with Gasteiger partial charge in [-0.3, -0.25) is 4.79 Å². The van der Waals surface area contributed by atoms with Crippen molar-refractivity contribution in [2.24, 2.45) is 0 Å². The first-order valence-electron chi connectivity index (χ1n) is 5.47. The van der Waals surface area contributed by atoms with Gasteiger partial charge in [0.25, 0.3) is 5.91 Å². The van der Waals surface area contributed by atoms with E-state index in [1.54, 1.807) is 6.07 Å². The van der Waals surface area contributed by atoms with Gasteiger partial charge in [-0.05, 0) is 40.9 Å². The number of hydrogen-bond acceptors (Lipinski definition) is 1. The van der Waals surface area contributed by atoms with Crippen molar-refractivity contribution in [3.05, 3.63) is 33.3 Å². The Hall–Kier alpha value is -0.0600. The summed E-state index contributed by atoms with van der Waals surface area (Å²) in [7, 11) is 0. The molecule has 0 saturated carbocycles. The molecule has 0 radical (unpaired) electrons. The van der Waals surface area contributed by atoms with Crippen LogP contribution in [0.5, 0.6) is 0 Å². The number of carbonyl (C=O) groups excluding carboxylic acids is 1. The molecule has 1 aromatic carbocycles. The molecule has 2 rings (SSSR count). The highest BCUT2D eigenvalue weighted by atomic mass is 79.9. The van der Waals surface area contributed by atoms with Crippen LogP contribution in [0, 0.1) is 0 Å². The van der Waals surface area contributed by atoms with Gasteiger partial charge >= 0.3 is 0 Å². The van der Waals surface area contributed by atoms with E-state index in [-0.39, 0.29) is 5.91 Å². The number of alkyl halides is 1. The number of piperidine rings is 1. The number of carbonyl (C=O) groups is 1. The molecular formula is C12H12Br2ClNO. The third-order valence-corrected chi connectivity index (χ3v) is 4.88. The summed E-state index contributed by atoms with van der Waals surface area (Å²) in [5.41, 5.74) is 0.572. The number of amides is 1. The number of likely N-dealkylation sites (tertiary alicyclic amines) is 1. The summed E-state index contributed by atoms with van der Waals surface area (Å²) < 4.78 is 0.761. The average Bonchev–Trinajstić information content (AvgIpc) is 2.32. The van der Waals surface area contributed by atoms with Gasteiger partial charge in [0.1, 0.15) is 0 Å². The molecule has 1 unspecified atom stereocenters. The number of halogens is 3. The Balaban J connectivity index is 2.22. The van der Waals surface area contributed by atoms with Crippen LogP contribution in [0.1, 0.15) is 23.2 Å². The molecule has 0 bridgehead atoms. The minimum Gasteiger partial charge on any atom is -0.337 e. The maximum atomic E-state index is 12.3. The molecule has 1 aliphatic rings. The number of rotatable bonds is 1. The molecule has 1 fully saturated rings. The van der Waals surface area contributed by atoms with Crippen molar-refractivity contribution < 1.29 is 4.79 Å². The van der Waals surface area contributed by atoms with Gasteiger partial charge in [-0.1, -0.05) is 33.6 Å². The first kappa shape index (κ1) is 13.4. The lowest BCUT2D eigenvalue weighted by Crippen LogP contribution is -2.40. The van der Waals surface area contributed by atoms with Crippen molar-refractivity contribution in [1.82, 2.24) is 4.90 Å². The van der Waals surface area contributed by atoms with E-state index in [0.717, 1.165) is 30.4 Å². The highest BCUT2D eigenvalue weighted by Gasteiger charge is 2.24. The molecule has 0 aromatic heterocycles. The van der Waals surface area contributed by atoms with Crippen LogP contribution >= 0.6 is 43.5 Å². The molecule has 0 N–H and O–H groups in total. The van der Waals surface area contributed by atoms with E-state index in [0.29, 0.717) is 15.4 Å². The first-order chi connectivity index (χ1) is 8.09. The highest BCUT2D eigenvalue weighted by molar-refractivity contribution is 9.10. The molecule has 1 saturated heterocycles. The summed E-state index contributed by atoms with van der Waals surface area (Å²) >= 11 is 13.0. The van der Waals surface area contributed by atoms with Crippen LogP contribution in [-0.4, -0.2) is 28.7 Å². The van der Waals surface area contributed by atoms with Crippen LogP contribution in [-0.2, 0) is 0 Å². The quantitative estimate of drug-likeness (QED) is 0.671. The zero-order valence-electron chi connectivity index (χ0n) is 9.13. The molecule has 2 nitrogen and oxygen atoms in total. The molecule has 1 heterocycles. The van der Waals surface area contributed by atoms with Crippen molar-refractivity contribution in [2.75, 3.05) is 13.1 Å². The van der Waals surface area contributed by atoms with Crippen LogP contribution in [0.15, 0.2) is 22.7 Å². The summed E-state index contributed by atoms with van der Waals surface area (Å²) in [6.45, 7) is 1.56. The molecular weight excluding hydrogens is 369 g/mol. The first-order valence-corrected chi connectivity index (χ1v) is 7.55. The SMILES string of the molecule is O=C(c1cccc(Br)c1Cl)N1CCCC(Br)C1. The van der Waals surface area contributed by atoms with E-state index in [1.807, 2.05) is 17.0 Å². The van der Waals surface area contributed by atoms with Crippen LogP contribution in [0.4, 0.5) is 0 Å². The summed E-state index contributed by atoms with van der Waals surface area (Å²) in [4.78, 5) is 14.6. The van der Waals surface area contributed by atoms with E-state index in [2.05, 4.69) is 31.9 Å². The fourth-order valence-electron chi connectivity index (χ4n) is 1.95. The van der Waals surface area contributed by atoms with Gasteiger partial charge in [-0.15, -0.1) is 0 Å². The van der Waals surface area contributed by atoms with E-state index in [4.69, 9.17) is 11.6 Å². The van der Waals surface area contributed by atoms with Crippen LogP contribution < -0.4 is 0 Å². The number of benzene rings is 1. The molecule has 1 aromatic rings. The molecule has 1 amide bonds. The average molecular weight is 381 g/mol. The highest BCUT2D eigenvalue weighted by Crippen LogP contribution is 2.28. The summed E-state index contributed by atoms with van der Waals surface area (Å²) in [5.74, 6) is 0.0143. The summed E-state index contributed by atoms with van der Waals surface area (Å²) in [6, 6.07) is 5.44. The lowest BCUT2D eigenvalue weighted by Gasteiger charge is -2.30. The zero-order chi connectivity index (χ0) is 12.4. The van der Waals surface area contributed by atoms with Gasteiger partial charge in [0.15, 0.2) is 0 Å². The molecule has 0 aliphatic carbocycles. The summed E-state index contributed by atoms with van der Waals surface area (Å²) in [5, 5.41) is 0.495. The van der Waals surface area contributed by atoms with Crippen molar-refractivity contribution >= 4 is 49.4 Å². The fourth-order valence-corrected chi connectivity index (χ4v) is 3.20. The topological polar surface area (TPSA) is 20.3 Å². The second-order valence-electron chi connectivity index (χ2n) is 4.09. The van der Waals surface area contributed by atoms with Gasteiger partial charge in [0.2, 0.25) is 0 Å². The Morgan fingerprint density at radius 3 is 2.94 bits per heavy atom. The van der Waals surface area contributed by atoms with Gasteiger partial charge in [-0.25, -0.2) is 0 Å². The maximum absolute atomic E-state index is 12.3. The predicted octanol–water partition coefficient (Wildman–Crippen LogP) is 4.10. The predicted molar refractivity (Wildman–Crippen MR) is 77.0 cm³/mol. The number of hydrogen-bond donors (Lipinski definition) is 0. The van der Waals surface area contributed by atoms with E-state index >= 15 is 0 Å². The normalized spacial score (nSPS) is 20.4. The van der Waals surface area contributed by atoms with Crippen LogP contribution in [0.25, 0.3) is 0 Å². The smallest absolute Gasteiger partial charge is 0.255 e. The third kappa shape index (κ3) is 3.04. The zero-order valence-corrected chi connectivity index (χ0v) is 13.1. The van der Waals surface area contributed by atoms with Crippen molar-refractivity contribution in [2.45, 2.75) is 17.7 Å². The van der Waals surface area contributed by atoms with E-state index < -0.39 is 0 Å². The Morgan fingerprint density at radius 1 is 1.47 bits per heavy atom.